The summed E-state index contributed by atoms with van der Waals surface area (Å²) in [5, 5.41) is 6.36. The maximum absolute atomic E-state index is 11.9. The first kappa shape index (κ1) is 13.0. The van der Waals surface area contributed by atoms with Gasteiger partial charge in [-0.25, -0.2) is 4.98 Å². The fourth-order valence-electron chi connectivity index (χ4n) is 2.41. The Morgan fingerprint density at radius 2 is 2.33 bits per heavy atom. The zero-order valence-electron chi connectivity index (χ0n) is 11.1. The van der Waals surface area contributed by atoms with E-state index in [1.54, 1.807) is 0 Å². The van der Waals surface area contributed by atoms with Crippen molar-refractivity contribution >= 4 is 5.91 Å². The molecule has 1 aliphatic heterocycles. The molecule has 2 heterocycles. The summed E-state index contributed by atoms with van der Waals surface area (Å²) in [7, 11) is 0. The van der Waals surface area contributed by atoms with Crippen LogP contribution in [0.15, 0.2) is 12.1 Å². The lowest BCUT2D eigenvalue weighted by Gasteiger charge is -2.11. The zero-order chi connectivity index (χ0) is 13.0. The van der Waals surface area contributed by atoms with Crippen molar-refractivity contribution in [2.45, 2.75) is 39.2 Å². The van der Waals surface area contributed by atoms with Crippen molar-refractivity contribution < 1.29 is 4.79 Å². The van der Waals surface area contributed by atoms with E-state index >= 15 is 0 Å². The van der Waals surface area contributed by atoms with Crippen LogP contribution in [0.1, 0.15) is 41.0 Å². The van der Waals surface area contributed by atoms with Crippen molar-refractivity contribution in [2.75, 3.05) is 13.1 Å². The Hall–Kier alpha value is -1.42. The Balaban J connectivity index is 1.83. The van der Waals surface area contributed by atoms with Crippen molar-refractivity contribution in [2.24, 2.45) is 0 Å². The fourth-order valence-corrected chi connectivity index (χ4v) is 2.41. The van der Waals surface area contributed by atoms with Crippen molar-refractivity contribution in [3.05, 3.63) is 29.1 Å². The minimum atomic E-state index is -0.0696. The zero-order valence-corrected chi connectivity index (χ0v) is 11.1. The predicted octanol–water partition coefficient (Wildman–Crippen LogP) is 1.57. The van der Waals surface area contributed by atoms with Crippen LogP contribution in [-0.2, 0) is 0 Å². The Kier molecular flexibility index (Phi) is 4.31. The molecule has 0 spiro atoms. The normalized spacial score (nSPS) is 18.9. The third-order valence-corrected chi connectivity index (χ3v) is 3.27. The molecule has 1 aromatic rings. The topological polar surface area (TPSA) is 54.0 Å². The van der Waals surface area contributed by atoms with Gasteiger partial charge in [-0.15, -0.1) is 0 Å². The first-order valence-corrected chi connectivity index (χ1v) is 6.62. The van der Waals surface area contributed by atoms with Crippen LogP contribution in [0.5, 0.6) is 0 Å². The van der Waals surface area contributed by atoms with E-state index in [-0.39, 0.29) is 5.91 Å². The number of rotatable bonds is 4. The SMILES string of the molecule is Cc1cc(C)nc(C(=O)NCC[C@@H]2CCCN2)c1. The van der Waals surface area contributed by atoms with Crippen LogP contribution >= 0.6 is 0 Å². The third kappa shape index (κ3) is 3.53. The van der Waals surface area contributed by atoms with Gasteiger partial charge in [-0.3, -0.25) is 4.79 Å². The van der Waals surface area contributed by atoms with Crippen molar-refractivity contribution in [1.82, 2.24) is 15.6 Å². The number of amides is 1. The monoisotopic (exact) mass is 247 g/mol. The van der Waals surface area contributed by atoms with Crippen LogP contribution in [-0.4, -0.2) is 30.0 Å². The molecule has 4 nitrogen and oxygen atoms in total. The first-order valence-electron chi connectivity index (χ1n) is 6.62. The molecular formula is C14H21N3O. The van der Waals surface area contributed by atoms with Gasteiger partial charge >= 0.3 is 0 Å². The average Bonchev–Trinajstić information content (AvgIpc) is 2.80. The molecule has 4 heteroatoms. The molecule has 0 aliphatic carbocycles. The van der Waals surface area contributed by atoms with Crippen LogP contribution in [0, 0.1) is 13.8 Å². The molecule has 1 aliphatic rings. The number of carbonyl (C=O) groups excluding carboxylic acids is 1. The molecule has 1 fully saturated rings. The number of nitrogens with zero attached hydrogens (tertiary/aromatic N) is 1. The first-order chi connectivity index (χ1) is 8.65. The molecule has 1 atom stereocenters. The summed E-state index contributed by atoms with van der Waals surface area (Å²) < 4.78 is 0. The van der Waals surface area contributed by atoms with Crippen LogP contribution in [0.4, 0.5) is 0 Å². The second kappa shape index (κ2) is 5.96. The number of hydrogen-bond donors (Lipinski definition) is 2. The number of aryl methyl sites for hydroxylation is 2. The number of aromatic nitrogens is 1. The summed E-state index contributed by atoms with van der Waals surface area (Å²) in [4.78, 5) is 16.2. The molecule has 2 N–H and O–H groups in total. The Labute approximate surface area is 108 Å². The molecule has 0 unspecified atom stereocenters. The van der Waals surface area contributed by atoms with E-state index in [0.717, 1.165) is 24.2 Å². The second-order valence-corrected chi connectivity index (χ2v) is 5.01. The molecule has 98 valence electrons. The van der Waals surface area contributed by atoms with Crippen molar-refractivity contribution in [3.63, 3.8) is 0 Å². The summed E-state index contributed by atoms with van der Waals surface area (Å²) in [5.41, 5.74) is 2.48. The van der Waals surface area contributed by atoms with Gasteiger partial charge in [0, 0.05) is 18.3 Å². The standard InChI is InChI=1S/C14H21N3O/c1-10-8-11(2)17-13(9-10)14(18)16-7-5-12-4-3-6-15-12/h8-9,12,15H,3-7H2,1-2H3,(H,16,18)/t12-/m0/s1. The highest BCUT2D eigenvalue weighted by molar-refractivity contribution is 5.92. The van der Waals surface area contributed by atoms with Gasteiger partial charge in [0.05, 0.1) is 0 Å². The van der Waals surface area contributed by atoms with Gasteiger partial charge in [0.2, 0.25) is 0 Å². The lowest BCUT2D eigenvalue weighted by atomic mass is 10.1. The number of pyridine rings is 1. The minimum absolute atomic E-state index is 0.0696. The van der Waals surface area contributed by atoms with Crippen LogP contribution in [0.3, 0.4) is 0 Å². The second-order valence-electron chi connectivity index (χ2n) is 5.01. The Bertz CT molecular complexity index is 405. The highest BCUT2D eigenvalue weighted by Crippen LogP contribution is 2.08. The molecule has 0 radical (unpaired) electrons. The van der Waals surface area contributed by atoms with Gasteiger partial charge in [-0.1, -0.05) is 0 Å². The van der Waals surface area contributed by atoms with E-state index < -0.39 is 0 Å². The van der Waals surface area contributed by atoms with Gasteiger partial charge in [0.25, 0.3) is 5.91 Å². The Morgan fingerprint density at radius 3 is 3.00 bits per heavy atom. The average molecular weight is 247 g/mol. The lowest BCUT2D eigenvalue weighted by Crippen LogP contribution is -2.31. The number of hydrogen-bond acceptors (Lipinski definition) is 3. The molecule has 2 rings (SSSR count). The summed E-state index contributed by atoms with van der Waals surface area (Å²) in [6.45, 7) is 5.71. The van der Waals surface area contributed by atoms with Crippen LogP contribution < -0.4 is 10.6 Å². The molecule has 1 saturated heterocycles. The lowest BCUT2D eigenvalue weighted by molar-refractivity contribution is 0.0947. The van der Waals surface area contributed by atoms with Crippen LogP contribution in [0.2, 0.25) is 0 Å². The molecule has 0 aromatic carbocycles. The summed E-state index contributed by atoms with van der Waals surface area (Å²) in [6.07, 6.45) is 3.46. The molecule has 1 amide bonds. The highest BCUT2D eigenvalue weighted by Gasteiger charge is 2.14. The van der Waals surface area contributed by atoms with Crippen molar-refractivity contribution in [3.8, 4) is 0 Å². The van der Waals surface area contributed by atoms with Crippen LogP contribution in [0.25, 0.3) is 0 Å². The van der Waals surface area contributed by atoms with E-state index in [4.69, 9.17) is 0 Å². The quantitative estimate of drug-likeness (QED) is 0.849. The highest BCUT2D eigenvalue weighted by atomic mass is 16.1. The maximum Gasteiger partial charge on any atom is 0.269 e. The van der Waals surface area contributed by atoms with Gasteiger partial charge in [0.15, 0.2) is 0 Å². The Morgan fingerprint density at radius 1 is 1.50 bits per heavy atom. The predicted molar refractivity (Wildman–Crippen MR) is 71.7 cm³/mol. The van der Waals surface area contributed by atoms with E-state index in [2.05, 4.69) is 15.6 Å². The summed E-state index contributed by atoms with van der Waals surface area (Å²) in [6, 6.07) is 4.37. The summed E-state index contributed by atoms with van der Waals surface area (Å²) in [5.74, 6) is -0.0696. The number of nitrogens with one attached hydrogen (secondary N) is 2. The van der Waals surface area contributed by atoms with Gasteiger partial charge in [0.1, 0.15) is 5.69 Å². The number of carbonyl (C=O) groups is 1. The van der Waals surface area contributed by atoms with E-state index in [0.29, 0.717) is 18.3 Å². The van der Waals surface area contributed by atoms with Gasteiger partial charge < -0.3 is 10.6 Å². The molecule has 0 saturated carbocycles. The van der Waals surface area contributed by atoms with Gasteiger partial charge in [-0.05, 0) is 57.4 Å². The summed E-state index contributed by atoms with van der Waals surface area (Å²) >= 11 is 0. The molecule has 18 heavy (non-hydrogen) atoms. The smallest absolute Gasteiger partial charge is 0.269 e. The van der Waals surface area contributed by atoms with Gasteiger partial charge in [-0.2, -0.15) is 0 Å². The van der Waals surface area contributed by atoms with E-state index in [9.17, 15) is 4.79 Å². The maximum atomic E-state index is 11.9. The molecular weight excluding hydrogens is 226 g/mol. The molecule has 0 bridgehead atoms. The largest absolute Gasteiger partial charge is 0.351 e. The fraction of sp³-hybridized carbons (Fsp3) is 0.571. The molecule has 1 aromatic heterocycles. The van der Waals surface area contributed by atoms with Crippen molar-refractivity contribution in [1.29, 1.82) is 0 Å². The minimum Gasteiger partial charge on any atom is -0.351 e. The van der Waals surface area contributed by atoms with E-state index in [1.165, 1.54) is 12.8 Å². The van der Waals surface area contributed by atoms with E-state index in [1.807, 2.05) is 26.0 Å². The third-order valence-electron chi connectivity index (χ3n) is 3.27.